The molecule has 3 N–H and O–H groups in total. The molecule has 0 aliphatic heterocycles. The molecule has 23 heavy (non-hydrogen) atoms. The van der Waals surface area contributed by atoms with Gasteiger partial charge in [0.25, 0.3) is 5.91 Å². The van der Waals surface area contributed by atoms with Crippen LogP contribution in [0.15, 0.2) is 34.8 Å². The van der Waals surface area contributed by atoms with E-state index in [1.54, 1.807) is 0 Å². The van der Waals surface area contributed by atoms with Gasteiger partial charge in [0.2, 0.25) is 0 Å². The van der Waals surface area contributed by atoms with Gasteiger partial charge in [-0.15, -0.1) is 0 Å². The first kappa shape index (κ1) is 15.7. The average Bonchev–Trinajstić information content (AvgIpc) is 2.87. The molecule has 6 nitrogen and oxygen atoms in total. The van der Waals surface area contributed by atoms with Crippen LogP contribution in [0, 0.1) is 0 Å². The summed E-state index contributed by atoms with van der Waals surface area (Å²) in [5.41, 5.74) is 1.20. The summed E-state index contributed by atoms with van der Waals surface area (Å²) < 4.78 is 0.575. The highest BCUT2D eigenvalue weighted by Crippen LogP contribution is 2.36. The van der Waals surface area contributed by atoms with E-state index < -0.39 is 11.5 Å². The lowest BCUT2D eigenvalue weighted by Crippen LogP contribution is -2.54. The predicted octanol–water partition coefficient (Wildman–Crippen LogP) is 2.97. The number of carbonyl (C=O) groups excluding carboxylic acids is 1. The molecule has 1 aromatic heterocycles. The molecule has 0 spiro atoms. The summed E-state index contributed by atoms with van der Waals surface area (Å²) in [6, 6.07) is 9.50. The SMILES string of the molecule is O=C(O)CC1(NC(=O)c2[nH]nc(-c3ccccc3)c2Br)CCC1. The van der Waals surface area contributed by atoms with Gasteiger partial charge in [-0.25, -0.2) is 0 Å². The zero-order valence-corrected chi connectivity index (χ0v) is 13.9. The van der Waals surface area contributed by atoms with Gasteiger partial charge >= 0.3 is 5.97 Å². The van der Waals surface area contributed by atoms with Crippen molar-refractivity contribution in [2.75, 3.05) is 0 Å². The summed E-state index contributed by atoms with van der Waals surface area (Å²) in [5.74, 6) is -1.24. The molecular formula is C16H16BrN3O3. The van der Waals surface area contributed by atoms with Gasteiger partial charge in [0, 0.05) is 5.56 Å². The van der Waals surface area contributed by atoms with E-state index in [1.807, 2.05) is 30.3 Å². The van der Waals surface area contributed by atoms with E-state index in [9.17, 15) is 9.59 Å². The highest BCUT2D eigenvalue weighted by molar-refractivity contribution is 9.10. The van der Waals surface area contributed by atoms with Gasteiger partial charge in [0.05, 0.1) is 16.4 Å². The Labute approximate surface area is 141 Å². The second-order valence-electron chi connectivity index (χ2n) is 5.79. The largest absolute Gasteiger partial charge is 0.481 e. The Hall–Kier alpha value is -2.15. The number of carboxylic acids is 1. The Balaban J connectivity index is 1.81. The number of rotatable bonds is 5. The van der Waals surface area contributed by atoms with Crippen LogP contribution in [0.4, 0.5) is 0 Å². The number of carbonyl (C=O) groups is 2. The minimum atomic E-state index is -0.904. The van der Waals surface area contributed by atoms with Gasteiger partial charge < -0.3 is 10.4 Å². The normalized spacial score (nSPS) is 15.7. The number of aromatic amines is 1. The number of nitrogens with one attached hydrogen (secondary N) is 2. The van der Waals surface area contributed by atoms with Crippen molar-refractivity contribution in [1.82, 2.24) is 15.5 Å². The number of aliphatic carboxylic acids is 1. The van der Waals surface area contributed by atoms with Crippen molar-refractivity contribution in [2.24, 2.45) is 0 Å². The molecule has 3 rings (SSSR count). The van der Waals surface area contributed by atoms with Gasteiger partial charge in [-0.1, -0.05) is 30.3 Å². The molecule has 1 fully saturated rings. The minimum absolute atomic E-state index is 0.0595. The van der Waals surface area contributed by atoms with E-state index in [0.29, 0.717) is 28.7 Å². The lowest BCUT2D eigenvalue weighted by Gasteiger charge is -2.41. The van der Waals surface area contributed by atoms with Gasteiger partial charge in [0.15, 0.2) is 0 Å². The molecule has 1 heterocycles. The smallest absolute Gasteiger partial charge is 0.305 e. The van der Waals surface area contributed by atoms with Crippen LogP contribution in [0.2, 0.25) is 0 Å². The zero-order chi connectivity index (χ0) is 16.4. The number of H-pyrrole nitrogens is 1. The maximum atomic E-state index is 12.5. The fraction of sp³-hybridized carbons (Fsp3) is 0.312. The van der Waals surface area contributed by atoms with Crippen LogP contribution >= 0.6 is 15.9 Å². The van der Waals surface area contributed by atoms with Crippen molar-refractivity contribution in [2.45, 2.75) is 31.2 Å². The van der Waals surface area contributed by atoms with Gasteiger partial charge in [0.1, 0.15) is 11.4 Å². The molecule has 1 aromatic carbocycles. The zero-order valence-electron chi connectivity index (χ0n) is 12.3. The second-order valence-corrected chi connectivity index (χ2v) is 6.58. The summed E-state index contributed by atoms with van der Waals surface area (Å²) >= 11 is 3.42. The molecule has 0 radical (unpaired) electrons. The molecule has 2 aromatic rings. The number of nitrogens with zero attached hydrogens (tertiary/aromatic N) is 1. The van der Waals surface area contributed by atoms with Crippen LogP contribution in [-0.2, 0) is 4.79 Å². The lowest BCUT2D eigenvalue weighted by atomic mass is 9.74. The van der Waals surface area contributed by atoms with Crippen LogP contribution in [0.5, 0.6) is 0 Å². The van der Waals surface area contributed by atoms with E-state index in [1.165, 1.54) is 0 Å². The second kappa shape index (κ2) is 6.16. The number of aromatic nitrogens is 2. The topological polar surface area (TPSA) is 95.1 Å². The van der Waals surface area contributed by atoms with Gasteiger partial charge in [-0.05, 0) is 35.2 Å². The number of benzene rings is 1. The standard InChI is InChI=1S/C16H16BrN3O3/c17-12-13(10-5-2-1-3-6-10)19-20-14(12)15(23)18-16(7-4-8-16)9-11(21)22/h1-3,5-6H,4,7-9H2,(H,18,23)(H,19,20)(H,21,22). The molecule has 1 saturated carbocycles. The molecule has 1 aliphatic rings. The fourth-order valence-electron chi connectivity index (χ4n) is 2.81. The molecule has 1 amide bonds. The van der Waals surface area contributed by atoms with Crippen LogP contribution in [0.25, 0.3) is 11.3 Å². The maximum absolute atomic E-state index is 12.5. The fourth-order valence-corrected chi connectivity index (χ4v) is 3.39. The van der Waals surface area contributed by atoms with Crippen LogP contribution in [0.3, 0.4) is 0 Å². The third-order valence-electron chi connectivity index (χ3n) is 4.16. The summed E-state index contributed by atoms with van der Waals surface area (Å²) in [5, 5.41) is 18.8. The first-order valence-electron chi connectivity index (χ1n) is 7.34. The van der Waals surface area contributed by atoms with Crippen molar-refractivity contribution >= 4 is 27.8 Å². The Morgan fingerprint density at radius 2 is 2.00 bits per heavy atom. The van der Waals surface area contributed by atoms with E-state index in [2.05, 4.69) is 31.4 Å². The highest BCUT2D eigenvalue weighted by Gasteiger charge is 2.41. The molecule has 0 bridgehead atoms. The van der Waals surface area contributed by atoms with E-state index >= 15 is 0 Å². The minimum Gasteiger partial charge on any atom is -0.481 e. The average molecular weight is 378 g/mol. The van der Waals surface area contributed by atoms with Crippen molar-refractivity contribution < 1.29 is 14.7 Å². The highest BCUT2D eigenvalue weighted by atomic mass is 79.9. The molecule has 1 aliphatic carbocycles. The van der Waals surface area contributed by atoms with Crippen molar-refractivity contribution in [1.29, 1.82) is 0 Å². The van der Waals surface area contributed by atoms with E-state index in [0.717, 1.165) is 12.0 Å². The molecule has 120 valence electrons. The number of halogens is 1. The summed E-state index contributed by atoms with van der Waals surface area (Å²) in [4.78, 5) is 23.5. The molecule has 0 unspecified atom stereocenters. The monoisotopic (exact) mass is 377 g/mol. The number of hydrogen-bond acceptors (Lipinski definition) is 3. The number of amides is 1. The summed E-state index contributed by atoms with van der Waals surface area (Å²) in [7, 11) is 0. The molecule has 0 atom stereocenters. The quantitative estimate of drug-likeness (QED) is 0.746. The molecule has 7 heteroatoms. The Morgan fingerprint density at radius 3 is 2.57 bits per heavy atom. The van der Waals surface area contributed by atoms with E-state index in [4.69, 9.17) is 5.11 Å². The van der Waals surface area contributed by atoms with Crippen LogP contribution in [0.1, 0.15) is 36.2 Å². The summed E-state index contributed by atoms with van der Waals surface area (Å²) in [6.07, 6.45) is 2.23. The Bertz CT molecular complexity index is 738. The maximum Gasteiger partial charge on any atom is 0.305 e. The lowest BCUT2D eigenvalue weighted by molar-refractivity contribution is -0.139. The van der Waals surface area contributed by atoms with E-state index in [-0.39, 0.29) is 12.3 Å². The van der Waals surface area contributed by atoms with Crippen LogP contribution < -0.4 is 5.32 Å². The molecular weight excluding hydrogens is 362 g/mol. The molecule has 0 saturated heterocycles. The first-order chi connectivity index (χ1) is 11.0. The van der Waals surface area contributed by atoms with Crippen LogP contribution in [-0.4, -0.2) is 32.7 Å². The van der Waals surface area contributed by atoms with Crippen molar-refractivity contribution in [3.63, 3.8) is 0 Å². The first-order valence-corrected chi connectivity index (χ1v) is 8.14. The van der Waals surface area contributed by atoms with Crippen molar-refractivity contribution in [3.05, 3.63) is 40.5 Å². The number of hydrogen-bond donors (Lipinski definition) is 3. The van der Waals surface area contributed by atoms with Gasteiger partial charge in [-0.2, -0.15) is 5.10 Å². The number of carboxylic acid groups (broad SMARTS) is 1. The van der Waals surface area contributed by atoms with Gasteiger partial charge in [-0.3, -0.25) is 14.7 Å². The third kappa shape index (κ3) is 3.14. The summed E-state index contributed by atoms with van der Waals surface area (Å²) in [6.45, 7) is 0. The van der Waals surface area contributed by atoms with Crippen molar-refractivity contribution in [3.8, 4) is 11.3 Å². The predicted molar refractivity (Wildman–Crippen MR) is 88.0 cm³/mol. The Morgan fingerprint density at radius 1 is 1.30 bits per heavy atom. The Kier molecular flexibility index (Phi) is 4.21. The third-order valence-corrected chi connectivity index (χ3v) is 4.93.